The van der Waals surface area contributed by atoms with Crippen LogP contribution in [0.15, 0.2) is 30.3 Å². The summed E-state index contributed by atoms with van der Waals surface area (Å²) < 4.78 is 3.44. The van der Waals surface area contributed by atoms with Crippen molar-refractivity contribution in [2.45, 2.75) is 26.2 Å². The molecule has 0 saturated carbocycles. The maximum absolute atomic E-state index is 10.9. The average molecular weight is 354 g/mol. The van der Waals surface area contributed by atoms with Crippen LogP contribution < -0.4 is 5.73 Å². The van der Waals surface area contributed by atoms with Crippen LogP contribution in [0.25, 0.3) is 22.5 Å². The monoisotopic (exact) mass is 354 g/mol. The van der Waals surface area contributed by atoms with Crippen molar-refractivity contribution in [3.05, 3.63) is 46.1 Å². The third kappa shape index (κ3) is 2.94. The summed E-state index contributed by atoms with van der Waals surface area (Å²) in [5.74, 6) is 0.483. The van der Waals surface area contributed by atoms with Crippen molar-refractivity contribution < 1.29 is 4.92 Å². The van der Waals surface area contributed by atoms with Gasteiger partial charge < -0.3 is 5.73 Å². The smallest absolute Gasteiger partial charge is 0.269 e. The Labute approximate surface area is 151 Å². The molecule has 136 valence electrons. The Morgan fingerprint density at radius 1 is 1.08 bits per heavy atom. The molecule has 0 aliphatic carbocycles. The molecule has 26 heavy (non-hydrogen) atoms. The zero-order valence-electron chi connectivity index (χ0n) is 15.5. The highest BCUT2D eigenvalue weighted by atomic mass is 16.6. The molecule has 0 bridgehead atoms. The molecule has 0 atom stereocenters. The summed E-state index contributed by atoms with van der Waals surface area (Å²) in [7, 11) is 3.67. The fraction of sp³-hybridized carbons (Fsp3) is 0.333. The molecule has 2 heterocycles. The molecule has 0 spiro atoms. The number of nitro groups is 1. The number of aromatic nitrogens is 4. The van der Waals surface area contributed by atoms with E-state index in [2.05, 4.69) is 31.0 Å². The average Bonchev–Trinajstić information content (AvgIpc) is 3.08. The van der Waals surface area contributed by atoms with Gasteiger partial charge in [-0.05, 0) is 23.8 Å². The number of rotatable bonds is 3. The predicted molar refractivity (Wildman–Crippen MR) is 101 cm³/mol. The molecule has 0 aliphatic rings. The molecule has 1 aromatic carbocycles. The van der Waals surface area contributed by atoms with Gasteiger partial charge in [-0.25, -0.2) is 0 Å². The lowest BCUT2D eigenvalue weighted by molar-refractivity contribution is -0.384. The Hall–Kier alpha value is -3.16. The number of hydrogen-bond donors (Lipinski definition) is 1. The first-order valence-electron chi connectivity index (χ1n) is 8.22. The van der Waals surface area contributed by atoms with Gasteiger partial charge in [0.2, 0.25) is 0 Å². The maximum Gasteiger partial charge on any atom is 0.269 e. The fourth-order valence-corrected chi connectivity index (χ4v) is 3.04. The topological polar surface area (TPSA) is 105 Å². The second-order valence-corrected chi connectivity index (χ2v) is 7.32. The molecule has 3 rings (SSSR count). The van der Waals surface area contributed by atoms with Crippen LogP contribution in [0.4, 0.5) is 11.5 Å². The van der Waals surface area contributed by atoms with Crippen molar-refractivity contribution >= 4 is 11.5 Å². The molecular formula is C18H22N6O2. The maximum atomic E-state index is 10.9. The molecule has 0 radical (unpaired) electrons. The van der Waals surface area contributed by atoms with E-state index >= 15 is 0 Å². The highest BCUT2D eigenvalue weighted by Gasteiger charge is 2.24. The molecule has 0 amide bonds. The van der Waals surface area contributed by atoms with E-state index in [9.17, 15) is 10.1 Å². The van der Waals surface area contributed by atoms with Crippen LogP contribution >= 0.6 is 0 Å². The van der Waals surface area contributed by atoms with Gasteiger partial charge in [-0.3, -0.25) is 19.5 Å². The van der Waals surface area contributed by atoms with E-state index < -0.39 is 4.92 Å². The number of benzene rings is 1. The minimum Gasteiger partial charge on any atom is -0.383 e. The van der Waals surface area contributed by atoms with Crippen molar-refractivity contribution in [3.8, 4) is 22.5 Å². The number of non-ortho nitro benzene ring substituents is 1. The zero-order valence-corrected chi connectivity index (χ0v) is 15.5. The van der Waals surface area contributed by atoms with Gasteiger partial charge in [-0.2, -0.15) is 10.2 Å². The van der Waals surface area contributed by atoms with E-state index in [1.165, 1.54) is 12.1 Å². The van der Waals surface area contributed by atoms with Crippen molar-refractivity contribution in [2.24, 2.45) is 14.1 Å². The number of nitro benzene ring substituents is 1. The Balaban J connectivity index is 2.16. The lowest BCUT2D eigenvalue weighted by atomic mass is 9.91. The molecule has 2 N–H and O–H groups in total. The second-order valence-electron chi connectivity index (χ2n) is 7.32. The molecule has 8 heteroatoms. The highest BCUT2D eigenvalue weighted by molar-refractivity contribution is 5.87. The summed E-state index contributed by atoms with van der Waals surface area (Å²) in [5.41, 5.74) is 10.1. The second kappa shape index (κ2) is 5.98. The summed E-state index contributed by atoms with van der Waals surface area (Å²) in [6.07, 6.45) is 0. The van der Waals surface area contributed by atoms with E-state index in [0.29, 0.717) is 11.5 Å². The number of hydrogen-bond acceptors (Lipinski definition) is 5. The van der Waals surface area contributed by atoms with Crippen LogP contribution in [0.5, 0.6) is 0 Å². The largest absolute Gasteiger partial charge is 0.383 e. The van der Waals surface area contributed by atoms with Gasteiger partial charge >= 0.3 is 0 Å². The van der Waals surface area contributed by atoms with Crippen LogP contribution in [0, 0.1) is 10.1 Å². The lowest BCUT2D eigenvalue weighted by Gasteiger charge is -2.17. The van der Waals surface area contributed by atoms with Gasteiger partial charge in [0.25, 0.3) is 5.69 Å². The first kappa shape index (κ1) is 17.7. The van der Waals surface area contributed by atoms with Crippen molar-refractivity contribution in [3.63, 3.8) is 0 Å². The van der Waals surface area contributed by atoms with Crippen LogP contribution in [0.2, 0.25) is 0 Å². The number of nitrogen functional groups attached to an aromatic ring is 1. The van der Waals surface area contributed by atoms with Gasteiger partial charge in [-0.15, -0.1) is 0 Å². The van der Waals surface area contributed by atoms with Crippen LogP contribution in [-0.4, -0.2) is 24.5 Å². The zero-order chi connectivity index (χ0) is 19.2. The number of anilines is 1. The van der Waals surface area contributed by atoms with Gasteiger partial charge in [0.05, 0.1) is 10.5 Å². The number of nitrogens with zero attached hydrogens (tertiary/aromatic N) is 5. The van der Waals surface area contributed by atoms with Crippen LogP contribution in [0.1, 0.15) is 26.5 Å². The summed E-state index contributed by atoms with van der Waals surface area (Å²) in [5, 5.41) is 20.0. The summed E-state index contributed by atoms with van der Waals surface area (Å²) in [6, 6.07) is 8.30. The van der Waals surface area contributed by atoms with Crippen molar-refractivity contribution in [1.29, 1.82) is 0 Å². The van der Waals surface area contributed by atoms with E-state index in [1.54, 1.807) is 23.9 Å². The minimum atomic E-state index is -0.425. The summed E-state index contributed by atoms with van der Waals surface area (Å²) in [6.45, 7) is 6.37. The van der Waals surface area contributed by atoms with Crippen LogP contribution in [-0.2, 0) is 19.5 Å². The minimum absolute atomic E-state index is 0.0330. The van der Waals surface area contributed by atoms with Gasteiger partial charge in [0, 0.05) is 37.3 Å². The third-order valence-electron chi connectivity index (χ3n) is 4.35. The van der Waals surface area contributed by atoms with Gasteiger partial charge in [0.1, 0.15) is 17.2 Å². The quantitative estimate of drug-likeness (QED) is 0.574. The molecule has 0 unspecified atom stereocenters. The van der Waals surface area contributed by atoms with Crippen molar-refractivity contribution in [2.75, 3.05) is 5.73 Å². The Morgan fingerprint density at radius 2 is 1.69 bits per heavy atom. The molecule has 0 saturated heterocycles. The first-order valence-corrected chi connectivity index (χ1v) is 8.22. The fourth-order valence-electron chi connectivity index (χ4n) is 3.04. The Kier molecular flexibility index (Phi) is 4.06. The molecular weight excluding hydrogens is 332 g/mol. The van der Waals surface area contributed by atoms with Crippen LogP contribution in [0.3, 0.4) is 0 Å². The Bertz CT molecular complexity index is 977. The lowest BCUT2D eigenvalue weighted by Crippen LogP contribution is -2.16. The first-order chi connectivity index (χ1) is 12.1. The number of nitrogens with two attached hydrogens (primary N) is 1. The van der Waals surface area contributed by atoms with Crippen molar-refractivity contribution in [1.82, 2.24) is 19.6 Å². The van der Waals surface area contributed by atoms with Gasteiger partial charge in [-0.1, -0.05) is 20.8 Å². The van der Waals surface area contributed by atoms with E-state index in [1.807, 2.05) is 17.8 Å². The molecule has 2 aromatic heterocycles. The predicted octanol–water partition coefficient (Wildman–Crippen LogP) is 3.28. The number of aryl methyl sites for hydroxylation is 2. The van der Waals surface area contributed by atoms with E-state index in [0.717, 1.165) is 22.5 Å². The highest BCUT2D eigenvalue weighted by Crippen LogP contribution is 2.37. The molecule has 8 nitrogen and oxygen atoms in total. The Morgan fingerprint density at radius 3 is 2.19 bits per heavy atom. The summed E-state index contributed by atoms with van der Waals surface area (Å²) in [4.78, 5) is 10.5. The normalized spacial score (nSPS) is 11.7. The SMILES string of the molecule is Cn1nc(-c2nn(C)c(N)c2-c2ccc([N+](=O)[O-])cc2)cc1C(C)(C)C. The third-order valence-corrected chi connectivity index (χ3v) is 4.35. The van der Waals surface area contributed by atoms with Gasteiger partial charge in [0.15, 0.2) is 0 Å². The van der Waals surface area contributed by atoms with E-state index in [-0.39, 0.29) is 11.1 Å². The summed E-state index contributed by atoms with van der Waals surface area (Å²) >= 11 is 0. The molecule has 0 fully saturated rings. The van der Waals surface area contributed by atoms with E-state index in [4.69, 9.17) is 5.73 Å². The molecule has 0 aliphatic heterocycles. The standard InChI is InChI=1S/C18H22N6O2/c1-18(2,3)14-10-13(20-22(14)4)16-15(17(19)23(5)21-16)11-6-8-12(9-7-11)24(25)26/h6-10H,19H2,1-5H3. The molecule has 3 aromatic rings.